The first-order valence-corrected chi connectivity index (χ1v) is 5.68. The lowest BCUT2D eigenvalue weighted by molar-refractivity contribution is 0.0600. The second-order valence-electron chi connectivity index (χ2n) is 3.99. The average Bonchev–Trinajstić information content (AvgIpc) is 2.46. The highest BCUT2D eigenvalue weighted by molar-refractivity contribution is 5.89. The van der Waals surface area contributed by atoms with Gasteiger partial charge in [0.15, 0.2) is 0 Å². The number of ether oxygens (including phenoxy) is 1. The summed E-state index contributed by atoms with van der Waals surface area (Å²) in [5.41, 5.74) is 2.12. The molecule has 0 N–H and O–H groups in total. The molecule has 2 aromatic carbocycles. The standard InChI is InChI=1S/C15H12F2O2/c1-19-15(18)13-8-4-11(5-9-13)10-2-6-12(7-3-10)14(16)17/h2-9,14H,1H3. The van der Waals surface area contributed by atoms with E-state index in [0.717, 1.165) is 11.1 Å². The van der Waals surface area contributed by atoms with Gasteiger partial charge < -0.3 is 4.74 Å². The smallest absolute Gasteiger partial charge is 0.337 e. The molecule has 4 heteroatoms. The highest BCUT2D eigenvalue weighted by atomic mass is 19.3. The van der Waals surface area contributed by atoms with Gasteiger partial charge in [-0.15, -0.1) is 0 Å². The normalized spacial score (nSPS) is 10.5. The van der Waals surface area contributed by atoms with Crippen molar-refractivity contribution in [3.05, 3.63) is 59.7 Å². The Kier molecular flexibility index (Phi) is 3.90. The fraction of sp³-hybridized carbons (Fsp3) is 0.133. The lowest BCUT2D eigenvalue weighted by atomic mass is 10.0. The molecule has 0 aliphatic carbocycles. The van der Waals surface area contributed by atoms with Crippen LogP contribution in [-0.4, -0.2) is 13.1 Å². The Morgan fingerprint density at radius 2 is 1.42 bits per heavy atom. The maximum absolute atomic E-state index is 12.4. The third-order valence-electron chi connectivity index (χ3n) is 2.80. The van der Waals surface area contributed by atoms with Gasteiger partial charge in [-0.1, -0.05) is 36.4 Å². The van der Waals surface area contributed by atoms with E-state index in [2.05, 4.69) is 4.74 Å². The molecule has 0 spiro atoms. The minimum absolute atomic E-state index is 0.00469. The summed E-state index contributed by atoms with van der Waals surface area (Å²) in [6.45, 7) is 0. The quantitative estimate of drug-likeness (QED) is 0.779. The first kappa shape index (κ1) is 13.2. The molecule has 0 aliphatic rings. The number of alkyl halides is 2. The van der Waals surface area contributed by atoms with Crippen molar-refractivity contribution in [2.45, 2.75) is 6.43 Å². The molecule has 2 nitrogen and oxygen atoms in total. The Balaban J connectivity index is 2.24. The van der Waals surface area contributed by atoms with Crippen molar-refractivity contribution in [3.63, 3.8) is 0 Å². The number of halogens is 2. The van der Waals surface area contributed by atoms with Crippen molar-refractivity contribution in [2.24, 2.45) is 0 Å². The molecule has 0 bridgehead atoms. The van der Waals surface area contributed by atoms with Crippen molar-refractivity contribution in [1.29, 1.82) is 0 Å². The monoisotopic (exact) mass is 262 g/mol. The van der Waals surface area contributed by atoms with Crippen LogP contribution in [0.5, 0.6) is 0 Å². The number of benzene rings is 2. The maximum atomic E-state index is 12.4. The zero-order chi connectivity index (χ0) is 13.8. The fourth-order valence-corrected chi connectivity index (χ4v) is 1.74. The summed E-state index contributed by atoms with van der Waals surface area (Å²) in [4.78, 5) is 11.3. The van der Waals surface area contributed by atoms with Gasteiger partial charge in [-0.3, -0.25) is 0 Å². The van der Waals surface area contributed by atoms with Gasteiger partial charge in [-0.05, 0) is 23.3 Å². The van der Waals surface area contributed by atoms with Crippen molar-refractivity contribution < 1.29 is 18.3 Å². The van der Waals surface area contributed by atoms with Crippen LogP contribution in [0.1, 0.15) is 22.3 Å². The van der Waals surface area contributed by atoms with Crippen LogP contribution in [0.25, 0.3) is 11.1 Å². The van der Waals surface area contributed by atoms with Crippen LogP contribution in [0.15, 0.2) is 48.5 Å². The summed E-state index contributed by atoms with van der Waals surface area (Å²) in [7, 11) is 1.32. The van der Waals surface area contributed by atoms with E-state index in [9.17, 15) is 13.6 Å². The fourth-order valence-electron chi connectivity index (χ4n) is 1.74. The molecule has 0 fully saturated rings. The van der Waals surface area contributed by atoms with Gasteiger partial charge in [0.1, 0.15) is 0 Å². The van der Waals surface area contributed by atoms with E-state index < -0.39 is 12.4 Å². The van der Waals surface area contributed by atoms with Crippen molar-refractivity contribution in [3.8, 4) is 11.1 Å². The molecule has 0 saturated heterocycles. The van der Waals surface area contributed by atoms with Crippen LogP contribution in [0, 0.1) is 0 Å². The largest absolute Gasteiger partial charge is 0.465 e. The third kappa shape index (κ3) is 2.96. The Labute approximate surface area is 109 Å². The van der Waals surface area contributed by atoms with Gasteiger partial charge in [0.2, 0.25) is 0 Å². The van der Waals surface area contributed by atoms with Gasteiger partial charge >= 0.3 is 5.97 Å². The molecule has 2 aromatic rings. The van der Waals surface area contributed by atoms with E-state index in [4.69, 9.17) is 0 Å². The Morgan fingerprint density at radius 3 is 1.84 bits per heavy atom. The second-order valence-corrected chi connectivity index (χ2v) is 3.99. The minimum atomic E-state index is -2.46. The van der Waals surface area contributed by atoms with Crippen LogP contribution >= 0.6 is 0 Å². The number of rotatable bonds is 3. The van der Waals surface area contributed by atoms with Gasteiger partial charge in [0.05, 0.1) is 12.7 Å². The molecular formula is C15H12F2O2. The summed E-state index contributed by atoms with van der Waals surface area (Å²) in [6, 6.07) is 12.9. The number of carbonyl (C=O) groups is 1. The summed E-state index contributed by atoms with van der Waals surface area (Å²) >= 11 is 0. The van der Waals surface area contributed by atoms with Crippen molar-refractivity contribution in [1.82, 2.24) is 0 Å². The molecule has 2 rings (SSSR count). The zero-order valence-electron chi connectivity index (χ0n) is 10.3. The van der Waals surface area contributed by atoms with Crippen LogP contribution in [0.2, 0.25) is 0 Å². The summed E-state index contributed by atoms with van der Waals surface area (Å²) in [6.07, 6.45) is -2.46. The molecule has 0 heterocycles. The molecule has 0 atom stereocenters. The molecule has 19 heavy (non-hydrogen) atoms. The zero-order valence-corrected chi connectivity index (χ0v) is 10.3. The molecule has 0 saturated carbocycles. The molecule has 0 aliphatic heterocycles. The van der Waals surface area contributed by atoms with Gasteiger partial charge in [0, 0.05) is 5.56 Å². The number of carbonyl (C=O) groups excluding carboxylic acids is 1. The summed E-state index contributed by atoms with van der Waals surface area (Å²) in [5, 5.41) is 0. The number of hydrogen-bond donors (Lipinski definition) is 0. The average molecular weight is 262 g/mol. The molecule has 0 amide bonds. The number of hydrogen-bond acceptors (Lipinski definition) is 2. The lowest BCUT2D eigenvalue weighted by Gasteiger charge is -2.05. The van der Waals surface area contributed by atoms with E-state index >= 15 is 0 Å². The third-order valence-corrected chi connectivity index (χ3v) is 2.80. The minimum Gasteiger partial charge on any atom is -0.465 e. The van der Waals surface area contributed by atoms with Gasteiger partial charge in [-0.2, -0.15) is 0 Å². The van der Waals surface area contributed by atoms with Crippen LogP contribution in [-0.2, 0) is 4.74 Å². The highest BCUT2D eigenvalue weighted by Crippen LogP contribution is 2.24. The van der Waals surface area contributed by atoms with Crippen LogP contribution < -0.4 is 0 Å². The second kappa shape index (κ2) is 5.61. The summed E-state index contributed by atoms with van der Waals surface area (Å²) < 4.78 is 29.5. The highest BCUT2D eigenvalue weighted by Gasteiger charge is 2.08. The molecule has 0 radical (unpaired) electrons. The van der Waals surface area contributed by atoms with Crippen molar-refractivity contribution in [2.75, 3.05) is 7.11 Å². The lowest BCUT2D eigenvalue weighted by Crippen LogP contribution is -2.00. The van der Waals surface area contributed by atoms with E-state index in [0.29, 0.717) is 5.56 Å². The molecule has 0 aromatic heterocycles. The van der Waals surface area contributed by atoms with E-state index in [1.165, 1.54) is 19.2 Å². The number of methoxy groups -OCH3 is 1. The van der Waals surface area contributed by atoms with Gasteiger partial charge in [-0.25, -0.2) is 13.6 Å². The van der Waals surface area contributed by atoms with Crippen molar-refractivity contribution >= 4 is 5.97 Å². The Hall–Kier alpha value is -2.23. The Morgan fingerprint density at radius 1 is 0.947 bits per heavy atom. The predicted octanol–water partition coefficient (Wildman–Crippen LogP) is 4.08. The predicted molar refractivity (Wildman–Crippen MR) is 68.2 cm³/mol. The van der Waals surface area contributed by atoms with Crippen LogP contribution in [0.3, 0.4) is 0 Å². The maximum Gasteiger partial charge on any atom is 0.337 e. The molecule has 98 valence electrons. The SMILES string of the molecule is COC(=O)c1ccc(-c2ccc(C(F)F)cc2)cc1. The first-order valence-electron chi connectivity index (χ1n) is 5.68. The van der Waals surface area contributed by atoms with E-state index in [1.807, 2.05) is 0 Å². The topological polar surface area (TPSA) is 26.3 Å². The first-order chi connectivity index (χ1) is 9.11. The van der Waals surface area contributed by atoms with E-state index in [-0.39, 0.29) is 5.56 Å². The number of esters is 1. The Bertz CT molecular complexity index is 560. The van der Waals surface area contributed by atoms with E-state index in [1.54, 1.807) is 36.4 Å². The molecule has 0 unspecified atom stereocenters. The summed E-state index contributed by atoms with van der Waals surface area (Å²) in [5.74, 6) is -0.403. The van der Waals surface area contributed by atoms with Crippen LogP contribution in [0.4, 0.5) is 8.78 Å². The molecular weight excluding hydrogens is 250 g/mol. The van der Waals surface area contributed by atoms with Gasteiger partial charge in [0.25, 0.3) is 6.43 Å².